The molecule has 0 spiro atoms. The van der Waals surface area contributed by atoms with Gasteiger partial charge < -0.3 is 15.6 Å². The van der Waals surface area contributed by atoms with Crippen LogP contribution in [0.3, 0.4) is 0 Å². The molecule has 2 rings (SSSR count). The van der Waals surface area contributed by atoms with Crippen molar-refractivity contribution in [1.82, 2.24) is 20.1 Å². The molecule has 0 unspecified atom stereocenters. The van der Waals surface area contributed by atoms with Gasteiger partial charge in [-0.3, -0.25) is 9.59 Å². The van der Waals surface area contributed by atoms with Crippen molar-refractivity contribution in [3.63, 3.8) is 0 Å². The van der Waals surface area contributed by atoms with E-state index in [-0.39, 0.29) is 23.5 Å². The van der Waals surface area contributed by atoms with Crippen molar-refractivity contribution in [2.45, 2.75) is 50.2 Å². The standard InChI is InChI=1S/C17H22ClN5O2S/c1-3-23-15(9-8-14(19)24)21-22-17(23)26-11(2)16(25)20-10-12-6-4-5-7-13(12)18/h4-7,11H,3,8-10H2,1-2H3,(H2,19,24)(H,20,25)/t11-/m0/s1. The van der Waals surface area contributed by atoms with Gasteiger partial charge in [-0.25, -0.2) is 0 Å². The van der Waals surface area contributed by atoms with Crippen LogP contribution in [0.15, 0.2) is 29.4 Å². The minimum atomic E-state index is -0.378. The van der Waals surface area contributed by atoms with Gasteiger partial charge in [-0.2, -0.15) is 0 Å². The number of nitrogens with two attached hydrogens (primary N) is 1. The van der Waals surface area contributed by atoms with Gasteiger partial charge in [0.15, 0.2) is 5.16 Å². The fraction of sp³-hybridized carbons (Fsp3) is 0.412. The molecule has 1 aromatic carbocycles. The van der Waals surface area contributed by atoms with Crippen LogP contribution in [-0.4, -0.2) is 31.8 Å². The normalized spacial score (nSPS) is 12.0. The average Bonchev–Trinajstić information content (AvgIpc) is 3.00. The number of hydrogen-bond donors (Lipinski definition) is 2. The third kappa shape index (κ3) is 5.47. The monoisotopic (exact) mass is 395 g/mol. The molecule has 1 aromatic heterocycles. The first-order valence-corrected chi connectivity index (χ1v) is 9.56. The molecule has 7 nitrogen and oxygen atoms in total. The maximum Gasteiger partial charge on any atom is 0.233 e. The Morgan fingerprint density at radius 2 is 2.08 bits per heavy atom. The number of aryl methyl sites for hydroxylation is 1. The van der Waals surface area contributed by atoms with Crippen molar-refractivity contribution < 1.29 is 9.59 Å². The fourth-order valence-electron chi connectivity index (χ4n) is 2.32. The molecule has 0 saturated carbocycles. The number of carbonyl (C=O) groups is 2. The van der Waals surface area contributed by atoms with Crippen LogP contribution >= 0.6 is 23.4 Å². The van der Waals surface area contributed by atoms with E-state index in [0.717, 1.165) is 5.56 Å². The van der Waals surface area contributed by atoms with Crippen molar-refractivity contribution in [2.75, 3.05) is 0 Å². The molecule has 2 amide bonds. The zero-order chi connectivity index (χ0) is 19.1. The first kappa shape index (κ1) is 20.3. The second-order valence-electron chi connectivity index (χ2n) is 5.68. The molecule has 0 saturated heterocycles. The molecule has 0 aliphatic heterocycles. The van der Waals surface area contributed by atoms with Gasteiger partial charge in [0.25, 0.3) is 0 Å². The molecule has 1 heterocycles. The van der Waals surface area contributed by atoms with Gasteiger partial charge in [0.1, 0.15) is 5.82 Å². The summed E-state index contributed by atoms with van der Waals surface area (Å²) in [4.78, 5) is 23.3. The van der Waals surface area contributed by atoms with E-state index in [1.54, 1.807) is 6.07 Å². The lowest BCUT2D eigenvalue weighted by Crippen LogP contribution is -2.30. The molecule has 0 aliphatic carbocycles. The van der Waals surface area contributed by atoms with Crippen molar-refractivity contribution in [3.8, 4) is 0 Å². The molecule has 26 heavy (non-hydrogen) atoms. The van der Waals surface area contributed by atoms with E-state index >= 15 is 0 Å². The maximum absolute atomic E-state index is 12.4. The quantitative estimate of drug-likeness (QED) is 0.633. The molecule has 0 radical (unpaired) electrons. The average molecular weight is 396 g/mol. The van der Waals surface area contributed by atoms with E-state index in [9.17, 15) is 9.59 Å². The summed E-state index contributed by atoms with van der Waals surface area (Å²) in [7, 11) is 0. The van der Waals surface area contributed by atoms with Gasteiger partial charge in [0.05, 0.1) is 5.25 Å². The molecule has 3 N–H and O–H groups in total. The number of hydrogen-bond acceptors (Lipinski definition) is 5. The Kier molecular flexibility index (Phi) is 7.47. The highest BCUT2D eigenvalue weighted by molar-refractivity contribution is 8.00. The van der Waals surface area contributed by atoms with Crippen LogP contribution < -0.4 is 11.1 Å². The summed E-state index contributed by atoms with van der Waals surface area (Å²) in [6.45, 7) is 4.79. The van der Waals surface area contributed by atoms with E-state index in [0.29, 0.717) is 35.5 Å². The smallest absolute Gasteiger partial charge is 0.233 e. The molecular weight excluding hydrogens is 374 g/mol. The van der Waals surface area contributed by atoms with Crippen LogP contribution in [0.4, 0.5) is 0 Å². The summed E-state index contributed by atoms with van der Waals surface area (Å²) in [6, 6.07) is 7.39. The molecule has 0 fully saturated rings. The number of rotatable bonds is 9. The molecule has 140 valence electrons. The van der Waals surface area contributed by atoms with E-state index in [4.69, 9.17) is 17.3 Å². The second kappa shape index (κ2) is 9.59. The van der Waals surface area contributed by atoms with Gasteiger partial charge in [0.2, 0.25) is 11.8 Å². The minimum absolute atomic E-state index is 0.112. The van der Waals surface area contributed by atoms with Gasteiger partial charge in [0, 0.05) is 31.0 Å². The van der Waals surface area contributed by atoms with Crippen LogP contribution in [0.1, 0.15) is 31.7 Å². The zero-order valence-electron chi connectivity index (χ0n) is 14.7. The van der Waals surface area contributed by atoms with E-state index in [2.05, 4.69) is 15.5 Å². The Hall–Kier alpha value is -2.06. The molecule has 1 atom stereocenters. The van der Waals surface area contributed by atoms with Crippen LogP contribution in [0, 0.1) is 0 Å². The first-order chi connectivity index (χ1) is 12.4. The Bertz CT molecular complexity index is 780. The predicted molar refractivity (Wildman–Crippen MR) is 102 cm³/mol. The largest absolute Gasteiger partial charge is 0.370 e. The maximum atomic E-state index is 12.4. The topological polar surface area (TPSA) is 103 Å². The van der Waals surface area contributed by atoms with Gasteiger partial charge in [-0.15, -0.1) is 10.2 Å². The van der Waals surface area contributed by atoms with Crippen LogP contribution in [0.2, 0.25) is 5.02 Å². The SMILES string of the molecule is CCn1c(CCC(N)=O)nnc1S[C@@H](C)C(=O)NCc1ccccc1Cl. The number of aromatic nitrogens is 3. The third-order valence-electron chi connectivity index (χ3n) is 3.77. The van der Waals surface area contributed by atoms with Crippen LogP contribution in [0.25, 0.3) is 0 Å². The third-order valence-corrected chi connectivity index (χ3v) is 5.22. The van der Waals surface area contributed by atoms with Crippen LogP contribution in [-0.2, 0) is 29.1 Å². The highest BCUT2D eigenvalue weighted by atomic mass is 35.5. The molecular formula is C17H22ClN5O2S. The number of thioether (sulfide) groups is 1. The van der Waals surface area contributed by atoms with Crippen LogP contribution in [0.5, 0.6) is 0 Å². The summed E-state index contributed by atoms with van der Waals surface area (Å²) in [6.07, 6.45) is 0.653. The lowest BCUT2D eigenvalue weighted by atomic mass is 10.2. The van der Waals surface area contributed by atoms with Crippen molar-refractivity contribution >= 4 is 35.2 Å². The Labute approximate surface area is 161 Å². The second-order valence-corrected chi connectivity index (χ2v) is 7.39. The number of amides is 2. The van der Waals surface area contributed by atoms with E-state index in [1.807, 2.05) is 36.6 Å². The van der Waals surface area contributed by atoms with E-state index < -0.39 is 0 Å². The molecule has 0 aliphatic rings. The first-order valence-electron chi connectivity index (χ1n) is 8.30. The lowest BCUT2D eigenvalue weighted by molar-refractivity contribution is -0.120. The van der Waals surface area contributed by atoms with Crippen molar-refractivity contribution in [2.24, 2.45) is 5.73 Å². The fourth-order valence-corrected chi connectivity index (χ4v) is 3.48. The van der Waals surface area contributed by atoms with Crippen molar-refractivity contribution in [3.05, 3.63) is 40.7 Å². The Morgan fingerprint density at radius 3 is 2.73 bits per heavy atom. The number of nitrogens with one attached hydrogen (secondary N) is 1. The molecule has 2 aromatic rings. The van der Waals surface area contributed by atoms with Gasteiger partial charge in [-0.05, 0) is 25.5 Å². The Balaban J connectivity index is 1.96. The highest BCUT2D eigenvalue weighted by Crippen LogP contribution is 2.23. The number of nitrogens with zero attached hydrogens (tertiary/aromatic N) is 3. The number of carbonyl (C=O) groups excluding carboxylic acids is 2. The summed E-state index contributed by atoms with van der Waals surface area (Å²) >= 11 is 7.43. The van der Waals surface area contributed by atoms with Gasteiger partial charge in [-0.1, -0.05) is 41.6 Å². The number of benzene rings is 1. The molecule has 9 heteroatoms. The van der Waals surface area contributed by atoms with Gasteiger partial charge >= 0.3 is 0 Å². The summed E-state index contributed by atoms with van der Waals surface area (Å²) < 4.78 is 1.89. The van der Waals surface area contributed by atoms with Crippen molar-refractivity contribution in [1.29, 1.82) is 0 Å². The lowest BCUT2D eigenvalue weighted by Gasteiger charge is -2.13. The Morgan fingerprint density at radius 1 is 1.35 bits per heavy atom. The summed E-state index contributed by atoms with van der Waals surface area (Å²) in [5.74, 6) is 0.203. The van der Waals surface area contributed by atoms with E-state index in [1.165, 1.54) is 11.8 Å². The zero-order valence-corrected chi connectivity index (χ0v) is 16.3. The number of primary amides is 1. The predicted octanol–water partition coefficient (Wildman–Crippen LogP) is 2.17. The summed E-state index contributed by atoms with van der Waals surface area (Å²) in [5, 5.41) is 12.1. The number of halogens is 1. The highest BCUT2D eigenvalue weighted by Gasteiger charge is 2.19. The molecule has 0 bridgehead atoms. The summed E-state index contributed by atoms with van der Waals surface area (Å²) in [5.41, 5.74) is 6.05. The minimum Gasteiger partial charge on any atom is -0.370 e.